The van der Waals surface area contributed by atoms with E-state index in [2.05, 4.69) is 16.3 Å². The molecular weight excluding hydrogens is 384 g/mol. The summed E-state index contributed by atoms with van der Waals surface area (Å²) in [5, 5.41) is 27.4. The molecule has 8 heteroatoms. The van der Waals surface area contributed by atoms with E-state index in [1.54, 1.807) is 12.1 Å². The van der Waals surface area contributed by atoms with Gasteiger partial charge in [0.2, 0.25) is 17.5 Å². The van der Waals surface area contributed by atoms with Crippen LogP contribution in [0.5, 0.6) is 23.1 Å². The van der Waals surface area contributed by atoms with Crippen LogP contribution in [0, 0.1) is 18.3 Å². The SMILES string of the molecule is COc1cc(C2C(C#N)=C(N)Oc3n[nH]c(-c4ccc(C)cc4)c32)cc(OC)c1O. The van der Waals surface area contributed by atoms with E-state index in [1.165, 1.54) is 14.2 Å². The largest absolute Gasteiger partial charge is 0.502 e. The number of aromatic nitrogens is 2. The summed E-state index contributed by atoms with van der Waals surface area (Å²) in [7, 11) is 2.89. The van der Waals surface area contributed by atoms with Crippen molar-refractivity contribution < 1.29 is 19.3 Å². The zero-order valence-electron chi connectivity index (χ0n) is 16.7. The van der Waals surface area contributed by atoms with E-state index in [-0.39, 0.29) is 34.6 Å². The molecule has 1 aromatic heterocycles. The number of phenols is 1. The Labute approximate surface area is 173 Å². The van der Waals surface area contributed by atoms with E-state index in [4.69, 9.17) is 19.9 Å². The standard InChI is InChI=1S/C22H20N4O4/c1-11-4-6-12(7-5-11)19-18-17(14(10-23)21(24)30-22(18)26-25-19)13-8-15(28-2)20(27)16(9-13)29-3/h4-9,17,27H,24H2,1-3H3,(H,25,26). The van der Waals surface area contributed by atoms with Crippen LogP contribution < -0.4 is 19.9 Å². The maximum Gasteiger partial charge on any atom is 0.244 e. The minimum atomic E-state index is -0.600. The third kappa shape index (κ3) is 2.97. The number of rotatable bonds is 4. The highest BCUT2D eigenvalue weighted by molar-refractivity contribution is 5.71. The molecule has 0 amide bonds. The van der Waals surface area contributed by atoms with Crippen molar-refractivity contribution in [2.45, 2.75) is 12.8 Å². The second kappa shape index (κ2) is 7.37. The lowest BCUT2D eigenvalue weighted by Crippen LogP contribution is -2.21. The Morgan fingerprint density at radius 1 is 1.17 bits per heavy atom. The van der Waals surface area contributed by atoms with Gasteiger partial charge in [0.15, 0.2) is 11.5 Å². The quantitative estimate of drug-likeness (QED) is 0.609. The summed E-state index contributed by atoms with van der Waals surface area (Å²) >= 11 is 0. The minimum absolute atomic E-state index is 0.0250. The second-order valence-corrected chi connectivity index (χ2v) is 6.88. The summed E-state index contributed by atoms with van der Waals surface area (Å²) in [5.41, 5.74) is 10.3. The number of aryl methyl sites for hydroxylation is 1. The van der Waals surface area contributed by atoms with Crippen molar-refractivity contribution in [1.29, 1.82) is 5.26 Å². The van der Waals surface area contributed by atoms with Gasteiger partial charge in [0, 0.05) is 5.56 Å². The number of methoxy groups -OCH3 is 2. The number of phenolic OH excluding ortho intramolecular Hbond substituents is 1. The van der Waals surface area contributed by atoms with E-state index in [0.717, 1.165) is 11.1 Å². The number of hydrogen-bond acceptors (Lipinski definition) is 7. The van der Waals surface area contributed by atoms with Crippen molar-refractivity contribution in [2.24, 2.45) is 5.73 Å². The molecule has 1 aliphatic rings. The number of H-pyrrole nitrogens is 1. The third-order valence-corrected chi connectivity index (χ3v) is 5.11. The van der Waals surface area contributed by atoms with E-state index in [9.17, 15) is 10.4 Å². The van der Waals surface area contributed by atoms with Crippen molar-refractivity contribution in [3.8, 4) is 40.5 Å². The van der Waals surface area contributed by atoms with Gasteiger partial charge < -0.3 is 25.1 Å². The fraction of sp³-hybridized carbons (Fsp3) is 0.182. The Morgan fingerprint density at radius 2 is 1.80 bits per heavy atom. The van der Waals surface area contributed by atoms with Gasteiger partial charge in [0.25, 0.3) is 0 Å². The first-order valence-electron chi connectivity index (χ1n) is 9.16. The van der Waals surface area contributed by atoms with Crippen LogP contribution in [0.15, 0.2) is 47.9 Å². The Kier molecular flexibility index (Phi) is 4.72. The highest BCUT2D eigenvalue weighted by Crippen LogP contribution is 2.48. The number of aromatic hydroxyl groups is 1. The maximum absolute atomic E-state index is 10.3. The summed E-state index contributed by atoms with van der Waals surface area (Å²) in [6, 6.07) is 13.4. The third-order valence-electron chi connectivity index (χ3n) is 5.11. The summed E-state index contributed by atoms with van der Waals surface area (Å²) < 4.78 is 16.2. The lowest BCUT2D eigenvalue weighted by Gasteiger charge is -2.25. The predicted molar refractivity (Wildman–Crippen MR) is 109 cm³/mol. The van der Waals surface area contributed by atoms with Gasteiger partial charge in [0.1, 0.15) is 11.6 Å². The number of nitrogens with one attached hydrogen (secondary N) is 1. The smallest absolute Gasteiger partial charge is 0.244 e. The summed E-state index contributed by atoms with van der Waals surface area (Å²) in [4.78, 5) is 0. The molecule has 152 valence electrons. The Hall–Kier alpha value is -4.12. The molecule has 30 heavy (non-hydrogen) atoms. The molecule has 0 fully saturated rings. The first kappa shape index (κ1) is 19.2. The molecule has 0 bridgehead atoms. The molecule has 1 unspecified atom stereocenters. The molecule has 0 radical (unpaired) electrons. The van der Waals surface area contributed by atoms with Gasteiger partial charge in [-0.3, -0.25) is 5.10 Å². The number of benzene rings is 2. The van der Waals surface area contributed by atoms with Crippen molar-refractivity contribution in [3.05, 3.63) is 64.5 Å². The monoisotopic (exact) mass is 404 g/mol. The molecule has 4 rings (SSSR count). The van der Waals surface area contributed by atoms with Crippen molar-refractivity contribution in [3.63, 3.8) is 0 Å². The van der Waals surface area contributed by atoms with Crippen LogP contribution in [0.2, 0.25) is 0 Å². The molecule has 0 saturated carbocycles. The average Bonchev–Trinajstić information content (AvgIpc) is 3.16. The first-order chi connectivity index (χ1) is 14.5. The van der Waals surface area contributed by atoms with Crippen LogP contribution in [0.25, 0.3) is 11.3 Å². The Morgan fingerprint density at radius 3 is 2.37 bits per heavy atom. The van der Waals surface area contributed by atoms with Gasteiger partial charge in [-0.1, -0.05) is 29.8 Å². The fourth-order valence-corrected chi connectivity index (χ4v) is 3.60. The highest BCUT2D eigenvalue weighted by atomic mass is 16.5. The van der Waals surface area contributed by atoms with Crippen LogP contribution in [0.3, 0.4) is 0 Å². The lowest BCUT2D eigenvalue weighted by molar-refractivity contribution is 0.338. The maximum atomic E-state index is 10.3. The zero-order chi connectivity index (χ0) is 21.4. The molecule has 1 atom stereocenters. The van der Waals surface area contributed by atoms with E-state index in [0.29, 0.717) is 16.8 Å². The van der Waals surface area contributed by atoms with Crippen molar-refractivity contribution in [2.75, 3.05) is 14.2 Å². The van der Waals surface area contributed by atoms with Gasteiger partial charge in [-0.15, -0.1) is 5.10 Å². The van der Waals surface area contributed by atoms with E-state index in [1.807, 2.05) is 31.2 Å². The number of hydrogen-bond donors (Lipinski definition) is 3. The molecule has 2 heterocycles. The Balaban J connectivity index is 1.98. The second-order valence-electron chi connectivity index (χ2n) is 6.88. The zero-order valence-corrected chi connectivity index (χ0v) is 16.7. The predicted octanol–water partition coefficient (Wildman–Crippen LogP) is 3.33. The van der Waals surface area contributed by atoms with Gasteiger partial charge in [-0.25, -0.2) is 0 Å². The van der Waals surface area contributed by atoms with Crippen LogP contribution in [0.1, 0.15) is 22.6 Å². The number of aromatic amines is 1. The van der Waals surface area contributed by atoms with Crippen LogP contribution >= 0.6 is 0 Å². The molecule has 1 aliphatic heterocycles. The summed E-state index contributed by atoms with van der Waals surface area (Å²) in [5.74, 6) is -0.0297. The molecule has 2 aromatic carbocycles. The normalized spacial score (nSPS) is 15.2. The number of ether oxygens (including phenoxy) is 3. The van der Waals surface area contributed by atoms with Crippen LogP contribution in [-0.2, 0) is 0 Å². The summed E-state index contributed by atoms with van der Waals surface area (Å²) in [6.07, 6.45) is 0. The molecule has 4 N–H and O–H groups in total. The Bertz CT molecular complexity index is 1160. The number of allylic oxidation sites excluding steroid dienone is 1. The molecular formula is C22H20N4O4. The first-order valence-corrected chi connectivity index (χ1v) is 9.16. The van der Waals surface area contributed by atoms with E-state index >= 15 is 0 Å². The van der Waals surface area contributed by atoms with Crippen molar-refractivity contribution in [1.82, 2.24) is 10.2 Å². The number of fused-ring (bicyclic) bond motifs is 1. The molecule has 0 spiro atoms. The molecule has 8 nitrogen and oxygen atoms in total. The molecule has 0 aliphatic carbocycles. The van der Waals surface area contributed by atoms with Gasteiger partial charge in [0.05, 0.1) is 31.4 Å². The van der Waals surface area contributed by atoms with Crippen LogP contribution in [-0.4, -0.2) is 29.5 Å². The average molecular weight is 404 g/mol. The van der Waals surface area contributed by atoms with E-state index < -0.39 is 5.92 Å². The number of nitrogens with two attached hydrogens (primary N) is 1. The van der Waals surface area contributed by atoms with Crippen molar-refractivity contribution >= 4 is 0 Å². The lowest BCUT2D eigenvalue weighted by atomic mass is 9.82. The minimum Gasteiger partial charge on any atom is -0.502 e. The molecule has 3 aromatic rings. The van der Waals surface area contributed by atoms with Gasteiger partial charge in [-0.2, -0.15) is 5.26 Å². The van der Waals surface area contributed by atoms with Gasteiger partial charge >= 0.3 is 0 Å². The van der Waals surface area contributed by atoms with Crippen LogP contribution in [0.4, 0.5) is 0 Å². The highest BCUT2D eigenvalue weighted by Gasteiger charge is 2.36. The molecule has 0 saturated heterocycles. The number of nitrogens with zero attached hydrogens (tertiary/aromatic N) is 2. The topological polar surface area (TPSA) is 126 Å². The summed E-state index contributed by atoms with van der Waals surface area (Å²) in [6.45, 7) is 2.00. The van der Waals surface area contributed by atoms with Gasteiger partial charge in [-0.05, 0) is 24.6 Å². The fourth-order valence-electron chi connectivity index (χ4n) is 3.60. The number of nitriles is 1.